The molecule has 0 saturated carbocycles. The van der Waals surface area contributed by atoms with E-state index in [0.717, 1.165) is 30.9 Å². The second-order valence-electron chi connectivity index (χ2n) is 9.43. The number of amides is 1. The van der Waals surface area contributed by atoms with Gasteiger partial charge in [-0.2, -0.15) is 0 Å². The molecular weight excluding hydrogens is 503 g/mol. The van der Waals surface area contributed by atoms with Gasteiger partial charge in [-0.05, 0) is 54.8 Å². The lowest BCUT2D eigenvalue weighted by Crippen LogP contribution is -2.38. The number of hydrogen-bond acceptors (Lipinski definition) is 6. The molecule has 0 spiro atoms. The van der Waals surface area contributed by atoms with E-state index >= 15 is 0 Å². The zero-order chi connectivity index (χ0) is 25.4. The summed E-state index contributed by atoms with van der Waals surface area (Å²) in [4.78, 5) is 30.3. The molecule has 2 saturated heterocycles. The maximum atomic E-state index is 13.3. The molecule has 3 aliphatic rings. The van der Waals surface area contributed by atoms with Crippen molar-refractivity contribution >= 4 is 40.7 Å². The molecular formula is C27H28Cl2N2O5. The molecule has 0 aromatic heterocycles. The highest BCUT2D eigenvalue weighted by atomic mass is 35.5. The van der Waals surface area contributed by atoms with Crippen LogP contribution in [-0.4, -0.2) is 72.1 Å². The fourth-order valence-corrected chi connectivity index (χ4v) is 5.46. The van der Waals surface area contributed by atoms with E-state index in [1.807, 2.05) is 13.0 Å². The molecule has 0 bridgehead atoms. The van der Waals surface area contributed by atoms with Gasteiger partial charge >= 0.3 is 0 Å². The number of halogens is 2. The van der Waals surface area contributed by atoms with E-state index in [-0.39, 0.29) is 17.4 Å². The molecule has 1 N–H and O–H groups in total. The Kier molecular flexibility index (Phi) is 7.26. The smallest absolute Gasteiger partial charge is 0.295 e. The maximum absolute atomic E-state index is 13.3. The van der Waals surface area contributed by atoms with Crippen molar-refractivity contribution in [3.63, 3.8) is 0 Å². The molecule has 5 rings (SSSR count). The van der Waals surface area contributed by atoms with Crippen molar-refractivity contribution in [2.45, 2.75) is 31.9 Å². The third kappa shape index (κ3) is 4.85. The van der Waals surface area contributed by atoms with Crippen LogP contribution in [0.25, 0.3) is 5.76 Å². The van der Waals surface area contributed by atoms with E-state index in [1.165, 1.54) is 4.90 Å². The van der Waals surface area contributed by atoms with Gasteiger partial charge in [0.1, 0.15) is 17.6 Å². The minimum absolute atomic E-state index is 0.0469. The lowest BCUT2D eigenvalue weighted by Gasteiger charge is -2.29. The van der Waals surface area contributed by atoms with Crippen LogP contribution in [0.3, 0.4) is 0 Å². The number of carbonyl (C=O) groups excluding carboxylic acids is 2. The van der Waals surface area contributed by atoms with Crippen molar-refractivity contribution in [2.24, 2.45) is 0 Å². The molecule has 2 aromatic carbocycles. The first-order chi connectivity index (χ1) is 17.3. The van der Waals surface area contributed by atoms with E-state index in [2.05, 4.69) is 4.90 Å². The molecule has 3 aliphatic heterocycles. The lowest BCUT2D eigenvalue weighted by molar-refractivity contribution is -0.140. The molecule has 190 valence electrons. The molecule has 2 fully saturated rings. The van der Waals surface area contributed by atoms with E-state index < -0.39 is 17.7 Å². The van der Waals surface area contributed by atoms with Gasteiger partial charge in [-0.3, -0.25) is 14.5 Å². The minimum Gasteiger partial charge on any atom is -0.507 e. The quantitative estimate of drug-likeness (QED) is 0.337. The fraction of sp³-hybridized carbons (Fsp3) is 0.407. The number of benzene rings is 2. The van der Waals surface area contributed by atoms with E-state index in [0.29, 0.717) is 53.8 Å². The van der Waals surface area contributed by atoms with Gasteiger partial charge in [-0.15, -0.1) is 0 Å². The first-order valence-corrected chi connectivity index (χ1v) is 12.9. The largest absolute Gasteiger partial charge is 0.507 e. The van der Waals surface area contributed by atoms with Crippen molar-refractivity contribution < 1.29 is 24.2 Å². The van der Waals surface area contributed by atoms with E-state index in [4.69, 9.17) is 32.7 Å². The summed E-state index contributed by atoms with van der Waals surface area (Å²) in [7, 11) is 0. The zero-order valence-electron chi connectivity index (χ0n) is 20.0. The van der Waals surface area contributed by atoms with Crippen molar-refractivity contribution in [3.05, 3.63) is 68.7 Å². The van der Waals surface area contributed by atoms with Crippen LogP contribution in [0.15, 0.2) is 42.0 Å². The molecule has 0 radical (unpaired) electrons. The first kappa shape index (κ1) is 25.1. The number of likely N-dealkylation sites (tertiary alicyclic amines) is 1. The maximum Gasteiger partial charge on any atom is 0.295 e. The van der Waals surface area contributed by atoms with Crippen molar-refractivity contribution in [3.8, 4) is 5.75 Å². The first-order valence-electron chi connectivity index (χ1n) is 12.2. The Morgan fingerprint density at radius 1 is 1.06 bits per heavy atom. The van der Waals surface area contributed by atoms with Gasteiger partial charge in [0.25, 0.3) is 11.7 Å². The van der Waals surface area contributed by atoms with Gasteiger partial charge in [-0.1, -0.05) is 29.3 Å². The second-order valence-corrected chi connectivity index (χ2v) is 10.2. The summed E-state index contributed by atoms with van der Waals surface area (Å²) in [5.74, 6) is -0.779. The number of fused-ring (bicyclic) bond motifs is 1. The average Bonchev–Trinajstić information content (AvgIpc) is 3.37. The fourth-order valence-electron chi connectivity index (χ4n) is 5.15. The molecule has 7 nitrogen and oxygen atoms in total. The van der Waals surface area contributed by atoms with Crippen molar-refractivity contribution in [1.29, 1.82) is 0 Å². The summed E-state index contributed by atoms with van der Waals surface area (Å²) in [6, 6.07) is 9.59. The van der Waals surface area contributed by atoms with Gasteiger partial charge in [-0.25, -0.2) is 0 Å². The Bertz CT molecular complexity index is 1220. The molecule has 1 amide bonds. The van der Waals surface area contributed by atoms with Gasteiger partial charge in [0.2, 0.25) is 0 Å². The number of aliphatic hydroxyl groups excluding tert-OH is 1. The summed E-state index contributed by atoms with van der Waals surface area (Å²) < 4.78 is 11.2. The van der Waals surface area contributed by atoms with E-state index in [9.17, 15) is 14.7 Å². The number of rotatable bonds is 6. The van der Waals surface area contributed by atoms with Gasteiger partial charge < -0.3 is 19.5 Å². The highest BCUT2D eigenvalue weighted by Crippen LogP contribution is 2.42. The lowest BCUT2D eigenvalue weighted by atomic mass is 9.94. The number of aliphatic hydroxyl groups is 1. The predicted octanol–water partition coefficient (Wildman–Crippen LogP) is 4.46. The van der Waals surface area contributed by atoms with Crippen LogP contribution in [0.1, 0.15) is 36.1 Å². The molecule has 0 aliphatic carbocycles. The highest BCUT2D eigenvalue weighted by molar-refractivity contribution is 6.46. The zero-order valence-corrected chi connectivity index (χ0v) is 21.5. The molecule has 2 unspecified atom stereocenters. The third-order valence-electron chi connectivity index (χ3n) is 6.95. The Balaban J connectivity index is 1.50. The number of nitrogens with zero attached hydrogens (tertiary/aromatic N) is 2. The molecule has 2 atom stereocenters. The summed E-state index contributed by atoms with van der Waals surface area (Å²) in [6.07, 6.45) is 1.44. The minimum atomic E-state index is -0.770. The number of Topliss-reactive ketones (excluding diaryl/α,β-unsaturated/α-hetero) is 1. The molecule has 3 heterocycles. The van der Waals surface area contributed by atoms with Crippen LogP contribution in [-0.2, 0) is 20.7 Å². The number of ether oxygens (including phenoxy) is 2. The standard InChI is InChI=1S/C27H28Cl2N2O5/c1-16-13-19-14-18(4-6-22(19)36-16)25(32)23-24(17-3-5-20(28)21(29)15-17)31(27(34)26(23)33)8-2-7-30-9-11-35-12-10-30/h3-6,14-16,24,32H,2,7-13H2,1H3. The van der Waals surface area contributed by atoms with Crippen molar-refractivity contribution in [1.82, 2.24) is 9.80 Å². The number of ketones is 1. The Hall–Kier alpha value is -2.58. The Morgan fingerprint density at radius 2 is 1.83 bits per heavy atom. The second kappa shape index (κ2) is 10.4. The molecule has 2 aromatic rings. The monoisotopic (exact) mass is 530 g/mol. The summed E-state index contributed by atoms with van der Waals surface area (Å²) >= 11 is 12.5. The molecule has 9 heteroatoms. The number of morpholine rings is 1. The number of carbonyl (C=O) groups is 2. The van der Waals surface area contributed by atoms with Crippen LogP contribution < -0.4 is 4.74 Å². The van der Waals surface area contributed by atoms with Crippen LogP contribution in [0.5, 0.6) is 5.75 Å². The summed E-state index contributed by atoms with van der Waals surface area (Å²) in [5, 5.41) is 12.1. The van der Waals surface area contributed by atoms with Gasteiger partial charge in [0.15, 0.2) is 0 Å². The SMILES string of the molecule is CC1Cc2cc(C(O)=C3C(=O)C(=O)N(CCCN4CCOCC4)C3c3ccc(Cl)c(Cl)c3)ccc2O1. The topological polar surface area (TPSA) is 79.3 Å². The van der Waals surface area contributed by atoms with E-state index in [1.54, 1.807) is 30.3 Å². The van der Waals surface area contributed by atoms with Gasteiger partial charge in [0.05, 0.1) is 34.9 Å². The highest BCUT2D eigenvalue weighted by Gasteiger charge is 2.46. The molecule has 36 heavy (non-hydrogen) atoms. The van der Waals surface area contributed by atoms with Crippen LogP contribution in [0.2, 0.25) is 10.0 Å². The predicted molar refractivity (Wildman–Crippen MR) is 138 cm³/mol. The summed E-state index contributed by atoms with van der Waals surface area (Å²) in [5.41, 5.74) is 2.10. The van der Waals surface area contributed by atoms with Crippen LogP contribution in [0.4, 0.5) is 0 Å². The summed E-state index contributed by atoms with van der Waals surface area (Å²) in [6.45, 7) is 6.19. The Morgan fingerprint density at radius 3 is 2.58 bits per heavy atom. The van der Waals surface area contributed by atoms with Crippen molar-refractivity contribution in [2.75, 3.05) is 39.4 Å². The normalized spacial score (nSPS) is 23.7. The Labute approximate surface area is 220 Å². The third-order valence-corrected chi connectivity index (χ3v) is 7.68. The number of hydrogen-bond donors (Lipinski definition) is 1. The average molecular weight is 531 g/mol. The van der Waals surface area contributed by atoms with Crippen LogP contribution in [0, 0.1) is 0 Å². The van der Waals surface area contributed by atoms with Crippen LogP contribution >= 0.6 is 23.2 Å². The van der Waals surface area contributed by atoms with Gasteiger partial charge in [0, 0.05) is 38.2 Å².